The van der Waals surface area contributed by atoms with E-state index in [2.05, 4.69) is 13.8 Å². The lowest BCUT2D eigenvalue weighted by Gasteiger charge is -2.43. The van der Waals surface area contributed by atoms with Gasteiger partial charge in [-0.2, -0.15) is 0 Å². The topological polar surface area (TPSA) is 9.23 Å². The highest BCUT2D eigenvalue weighted by Gasteiger charge is 2.38. The maximum atomic E-state index is 6.08. The third kappa shape index (κ3) is 6.89. The molecule has 0 aliphatic heterocycles. The van der Waals surface area contributed by atoms with Crippen LogP contribution in [0.2, 0.25) is 0 Å². The second-order valence-electron chi connectivity index (χ2n) is 9.31. The minimum absolute atomic E-state index is 0.237. The Morgan fingerprint density at radius 2 is 1.32 bits per heavy atom. The van der Waals surface area contributed by atoms with Crippen molar-refractivity contribution in [2.75, 3.05) is 7.11 Å². The van der Waals surface area contributed by atoms with Crippen LogP contribution in [0.1, 0.15) is 123 Å². The van der Waals surface area contributed by atoms with Crippen LogP contribution in [-0.2, 0) is 4.74 Å². The average Bonchev–Trinajstić information content (AvgIpc) is 2.67. The molecule has 0 amide bonds. The smallest absolute Gasteiger partial charge is 0.0679 e. The third-order valence-electron chi connectivity index (χ3n) is 7.63. The van der Waals surface area contributed by atoms with Gasteiger partial charge in [0.2, 0.25) is 0 Å². The average molecular weight is 351 g/mol. The van der Waals surface area contributed by atoms with E-state index in [0.29, 0.717) is 0 Å². The van der Waals surface area contributed by atoms with Gasteiger partial charge in [0.1, 0.15) is 0 Å². The summed E-state index contributed by atoms with van der Waals surface area (Å²) >= 11 is 0. The molecule has 0 N–H and O–H groups in total. The number of ether oxygens (including phenoxy) is 1. The number of unbranched alkanes of at least 4 members (excludes halogenated alkanes) is 5. The first-order chi connectivity index (χ1) is 12.2. The van der Waals surface area contributed by atoms with Gasteiger partial charge in [0.15, 0.2) is 0 Å². The highest BCUT2D eigenvalue weighted by Crippen LogP contribution is 2.45. The number of hydrogen-bond donors (Lipinski definition) is 0. The van der Waals surface area contributed by atoms with Gasteiger partial charge in [0.25, 0.3) is 0 Å². The summed E-state index contributed by atoms with van der Waals surface area (Å²) in [5, 5.41) is 0. The highest BCUT2D eigenvalue weighted by molar-refractivity contribution is 4.90. The van der Waals surface area contributed by atoms with Crippen LogP contribution < -0.4 is 0 Å². The molecule has 0 saturated heterocycles. The maximum Gasteiger partial charge on any atom is 0.0679 e. The fourth-order valence-corrected chi connectivity index (χ4v) is 5.69. The van der Waals surface area contributed by atoms with Crippen molar-refractivity contribution in [2.45, 2.75) is 129 Å². The van der Waals surface area contributed by atoms with Crippen LogP contribution >= 0.6 is 0 Å². The molecule has 148 valence electrons. The van der Waals surface area contributed by atoms with E-state index < -0.39 is 0 Å². The largest absolute Gasteiger partial charge is 0.378 e. The van der Waals surface area contributed by atoms with E-state index >= 15 is 0 Å². The van der Waals surface area contributed by atoms with Crippen molar-refractivity contribution in [1.82, 2.24) is 0 Å². The summed E-state index contributed by atoms with van der Waals surface area (Å²) in [5.74, 6) is 3.11. The molecule has 2 aliphatic rings. The Labute approximate surface area is 158 Å². The Kier molecular flexibility index (Phi) is 9.89. The van der Waals surface area contributed by atoms with E-state index in [1.807, 2.05) is 7.11 Å². The van der Waals surface area contributed by atoms with Gasteiger partial charge < -0.3 is 4.74 Å². The van der Waals surface area contributed by atoms with Gasteiger partial charge >= 0.3 is 0 Å². The van der Waals surface area contributed by atoms with Crippen LogP contribution in [0.15, 0.2) is 0 Å². The molecular formula is C24H46O. The molecule has 25 heavy (non-hydrogen) atoms. The summed E-state index contributed by atoms with van der Waals surface area (Å²) in [6, 6.07) is 0. The van der Waals surface area contributed by atoms with Crippen molar-refractivity contribution in [3.8, 4) is 0 Å². The first-order valence-electron chi connectivity index (χ1n) is 11.8. The van der Waals surface area contributed by atoms with Gasteiger partial charge in [-0.1, -0.05) is 78.1 Å². The van der Waals surface area contributed by atoms with E-state index in [1.54, 1.807) is 0 Å². The zero-order valence-corrected chi connectivity index (χ0v) is 17.7. The van der Waals surface area contributed by atoms with Gasteiger partial charge in [0.05, 0.1) is 5.60 Å². The van der Waals surface area contributed by atoms with Crippen molar-refractivity contribution in [2.24, 2.45) is 17.8 Å². The van der Waals surface area contributed by atoms with Crippen LogP contribution in [0, 0.1) is 17.8 Å². The lowest BCUT2D eigenvalue weighted by Crippen LogP contribution is -2.38. The quantitative estimate of drug-likeness (QED) is 0.344. The van der Waals surface area contributed by atoms with Crippen molar-refractivity contribution in [3.05, 3.63) is 0 Å². The molecule has 0 atom stereocenters. The Morgan fingerprint density at radius 1 is 0.720 bits per heavy atom. The van der Waals surface area contributed by atoms with Crippen LogP contribution in [-0.4, -0.2) is 12.7 Å². The lowest BCUT2D eigenvalue weighted by molar-refractivity contribution is -0.0639. The fourth-order valence-electron chi connectivity index (χ4n) is 5.69. The summed E-state index contributed by atoms with van der Waals surface area (Å²) < 4.78 is 6.08. The van der Waals surface area contributed by atoms with E-state index in [0.717, 1.165) is 17.8 Å². The summed E-state index contributed by atoms with van der Waals surface area (Å²) in [6.07, 6.45) is 24.2. The Morgan fingerprint density at radius 3 is 1.92 bits per heavy atom. The molecule has 0 heterocycles. The zero-order chi connectivity index (χ0) is 18.0. The Balaban J connectivity index is 1.67. The minimum atomic E-state index is 0.237. The van der Waals surface area contributed by atoms with Gasteiger partial charge in [-0.05, 0) is 62.7 Å². The molecule has 1 heteroatoms. The molecule has 2 rings (SSSR count). The SMILES string of the molecule is CCCCCCCC1(OC)CCC(C2CCC(CCCC)CC2)CC1. The molecule has 1 nitrogen and oxygen atoms in total. The monoisotopic (exact) mass is 350 g/mol. The van der Waals surface area contributed by atoms with E-state index in [4.69, 9.17) is 4.74 Å². The predicted octanol–water partition coefficient (Wildman–Crippen LogP) is 7.92. The molecule has 2 aliphatic carbocycles. The van der Waals surface area contributed by atoms with Gasteiger partial charge in [-0.15, -0.1) is 0 Å². The van der Waals surface area contributed by atoms with Crippen molar-refractivity contribution < 1.29 is 4.74 Å². The maximum absolute atomic E-state index is 6.08. The molecule has 0 bridgehead atoms. The standard InChI is InChI=1S/C24H46O/c1-4-6-8-9-10-18-24(25-3)19-16-23(17-20-24)22-14-12-21(13-15-22)11-7-5-2/h21-23H,4-20H2,1-3H3. The number of hydrogen-bond acceptors (Lipinski definition) is 1. The molecule has 0 spiro atoms. The molecule has 0 aromatic heterocycles. The molecule has 0 aromatic carbocycles. The number of rotatable bonds is 11. The summed E-state index contributed by atoms with van der Waals surface area (Å²) in [4.78, 5) is 0. The van der Waals surface area contributed by atoms with E-state index in [1.165, 1.54) is 109 Å². The van der Waals surface area contributed by atoms with Crippen LogP contribution in [0.3, 0.4) is 0 Å². The van der Waals surface area contributed by atoms with Gasteiger partial charge in [-0.25, -0.2) is 0 Å². The van der Waals surface area contributed by atoms with Crippen LogP contribution in [0.25, 0.3) is 0 Å². The highest BCUT2D eigenvalue weighted by atomic mass is 16.5. The Bertz CT molecular complexity index is 321. The fraction of sp³-hybridized carbons (Fsp3) is 1.00. The molecule has 0 unspecified atom stereocenters. The zero-order valence-electron chi connectivity index (χ0n) is 17.7. The predicted molar refractivity (Wildman–Crippen MR) is 110 cm³/mol. The van der Waals surface area contributed by atoms with E-state index in [9.17, 15) is 0 Å². The van der Waals surface area contributed by atoms with Crippen molar-refractivity contribution in [3.63, 3.8) is 0 Å². The second-order valence-corrected chi connectivity index (χ2v) is 9.31. The van der Waals surface area contributed by atoms with E-state index in [-0.39, 0.29) is 5.60 Å². The second kappa shape index (κ2) is 11.6. The summed E-state index contributed by atoms with van der Waals surface area (Å²) in [6.45, 7) is 4.63. The van der Waals surface area contributed by atoms with Crippen molar-refractivity contribution in [1.29, 1.82) is 0 Å². The number of methoxy groups -OCH3 is 1. The normalized spacial score (nSPS) is 33.5. The van der Waals surface area contributed by atoms with Gasteiger partial charge in [-0.3, -0.25) is 0 Å². The Hall–Kier alpha value is -0.0400. The van der Waals surface area contributed by atoms with Gasteiger partial charge in [0, 0.05) is 7.11 Å². The van der Waals surface area contributed by atoms with Crippen LogP contribution in [0.4, 0.5) is 0 Å². The molecule has 0 aromatic rings. The first-order valence-corrected chi connectivity index (χ1v) is 11.8. The third-order valence-corrected chi connectivity index (χ3v) is 7.63. The molecule has 0 radical (unpaired) electrons. The lowest BCUT2D eigenvalue weighted by atomic mass is 9.67. The molecular weight excluding hydrogens is 304 g/mol. The van der Waals surface area contributed by atoms with Crippen LogP contribution in [0.5, 0.6) is 0 Å². The summed E-state index contributed by atoms with van der Waals surface area (Å²) in [7, 11) is 1.98. The molecule has 2 saturated carbocycles. The summed E-state index contributed by atoms with van der Waals surface area (Å²) in [5.41, 5.74) is 0.237. The molecule has 2 fully saturated rings. The van der Waals surface area contributed by atoms with Crippen molar-refractivity contribution >= 4 is 0 Å². The first kappa shape index (κ1) is 21.3. The minimum Gasteiger partial charge on any atom is -0.378 e.